The quantitative estimate of drug-likeness (QED) is 0.506. The van der Waals surface area contributed by atoms with Crippen molar-refractivity contribution < 1.29 is 23.6 Å². The fourth-order valence-corrected chi connectivity index (χ4v) is 1.23. The molecule has 1 rings (SSSR count). The van der Waals surface area contributed by atoms with Crippen molar-refractivity contribution in [2.24, 2.45) is 0 Å². The highest BCUT2D eigenvalue weighted by Crippen LogP contribution is 2.30. The molecule has 0 saturated heterocycles. The molecule has 0 aliphatic heterocycles. The minimum Gasteiger partial charge on any atom is -0.477 e. The Morgan fingerprint density at radius 3 is 2.56 bits per heavy atom. The van der Waals surface area contributed by atoms with Crippen LogP contribution in [0.1, 0.15) is 22.5 Å². The van der Waals surface area contributed by atoms with Gasteiger partial charge < -0.3 is 5.11 Å². The van der Waals surface area contributed by atoms with Gasteiger partial charge in [-0.1, -0.05) is 11.6 Å². The van der Waals surface area contributed by atoms with Gasteiger partial charge in [-0.15, -0.1) is 0 Å². The first-order valence-corrected chi connectivity index (χ1v) is 4.08. The number of carboxylic acid groups (broad SMARTS) is 1. The van der Waals surface area contributed by atoms with Gasteiger partial charge in [-0.2, -0.15) is 0 Å². The normalized spacial score (nSPS) is 10.5. The summed E-state index contributed by atoms with van der Waals surface area (Å²) >= 11 is 5.27. The van der Waals surface area contributed by atoms with Crippen LogP contribution < -0.4 is 0 Å². The van der Waals surface area contributed by atoms with E-state index < -0.39 is 39.4 Å². The minimum atomic E-state index is -3.26. The molecule has 0 bridgehead atoms. The topological polar surface area (TPSA) is 93.3 Å². The monoisotopic (exact) mass is 252 g/mol. The lowest BCUT2D eigenvalue weighted by Crippen LogP contribution is -2.09. The van der Waals surface area contributed by atoms with Crippen molar-refractivity contribution in [3.05, 3.63) is 32.6 Å². The molecule has 1 aromatic rings. The molecule has 1 heterocycles. The predicted octanol–water partition coefficient (Wildman–Crippen LogP) is 2.28. The van der Waals surface area contributed by atoms with Crippen molar-refractivity contribution in [1.29, 1.82) is 0 Å². The van der Waals surface area contributed by atoms with Crippen molar-refractivity contribution in [3.63, 3.8) is 0 Å². The first-order valence-electron chi connectivity index (χ1n) is 3.71. The van der Waals surface area contributed by atoms with E-state index >= 15 is 0 Å². The number of pyridine rings is 1. The number of carbonyl (C=O) groups is 1. The Morgan fingerprint density at radius 1 is 1.62 bits per heavy atom. The summed E-state index contributed by atoms with van der Waals surface area (Å²) in [4.78, 5) is 23.1. The van der Waals surface area contributed by atoms with Gasteiger partial charge in [0.15, 0.2) is 5.56 Å². The van der Waals surface area contributed by atoms with E-state index in [4.69, 9.17) is 16.7 Å². The molecule has 0 aliphatic rings. The molecule has 0 spiro atoms. The van der Waals surface area contributed by atoms with E-state index in [1.807, 2.05) is 0 Å². The fraction of sp³-hybridized carbons (Fsp3) is 0.143. The van der Waals surface area contributed by atoms with Crippen LogP contribution in [0.25, 0.3) is 0 Å². The number of nitrogens with zero attached hydrogens (tertiary/aromatic N) is 2. The Hall–Kier alpha value is -1.83. The van der Waals surface area contributed by atoms with Gasteiger partial charge >= 0.3 is 5.97 Å². The van der Waals surface area contributed by atoms with Crippen LogP contribution in [0.5, 0.6) is 0 Å². The molecule has 0 aliphatic carbocycles. The Kier molecular flexibility index (Phi) is 3.33. The molecular weight excluding hydrogens is 250 g/mol. The Bertz CT molecular complexity index is 466. The number of nitro groups is 1. The van der Waals surface area contributed by atoms with E-state index in [0.29, 0.717) is 6.07 Å². The second-order valence-electron chi connectivity index (χ2n) is 2.59. The highest BCUT2D eigenvalue weighted by atomic mass is 35.5. The third kappa shape index (κ3) is 2.22. The third-order valence-electron chi connectivity index (χ3n) is 1.61. The number of rotatable bonds is 3. The van der Waals surface area contributed by atoms with Crippen LogP contribution in [0, 0.1) is 10.1 Å². The molecule has 16 heavy (non-hydrogen) atoms. The second kappa shape index (κ2) is 4.35. The maximum absolute atomic E-state index is 12.4. The summed E-state index contributed by atoms with van der Waals surface area (Å²) in [6.45, 7) is 0. The highest BCUT2D eigenvalue weighted by Gasteiger charge is 2.30. The zero-order chi connectivity index (χ0) is 12.5. The number of halogens is 3. The smallest absolute Gasteiger partial charge is 0.344 e. The Balaban J connectivity index is 3.60. The van der Waals surface area contributed by atoms with Crippen LogP contribution in [0.4, 0.5) is 14.5 Å². The molecule has 1 aromatic heterocycles. The first-order chi connectivity index (χ1) is 7.34. The lowest BCUT2D eigenvalue weighted by Gasteiger charge is -2.05. The molecule has 1 N–H and O–H groups in total. The van der Waals surface area contributed by atoms with Crippen LogP contribution in [-0.4, -0.2) is 21.0 Å². The molecule has 6 nitrogen and oxygen atoms in total. The molecule has 0 amide bonds. The summed E-state index contributed by atoms with van der Waals surface area (Å²) in [5.74, 6) is -1.86. The molecule has 9 heteroatoms. The molecule has 86 valence electrons. The van der Waals surface area contributed by atoms with Gasteiger partial charge in [-0.05, 0) is 0 Å². The van der Waals surface area contributed by atoms with Gasteiger partial charge in [0.1, 0.15) is 10.8 Å². The van der Waals surface area contributed by atoms with Gasteiger partial charge in [0, 0.05) is 0 Å². The summed E-state index contributed by atoms with van der Waals surface area (Å²) in [5, 5.41) is 18.5. The summed E-state index contributed by atoms with van der Waals surface area (Å²) < 4.78 is 24.8. The summed E-state index contributed by atoms with van der Waals surface area (Å²) in [6, 6.07) is 0.608. The van der Waals surface area contributed by atoms with E-state index in [2.05, 4.69) is 4.98 Å². The molecular formula is C7H3ClF2N2O4. The fourth-order valence-electron chi connectivity index (χ4n) is 1.04. The largest absolute Gasteiger partial charge is 0.477 e. The molecule has 0 unspecified atom stereocenters. The number of hydrogen-bond donors (Lipinski definition) is 1. The molecule has 0 aromatic carbocycles. The van der Waals surface area contributed by atoms with Gasteiger partial charge in [-0.25, -0.2) is 18.6 Å². The van der Waals surface area contributed by atoms with E-state index in [0.717, 1.165) is 0 Å². The number of aromatic carboxylic acids is 1. The Morgan fingerprint density at radius 2 is 2.19 bits per heavy atom. The standard InChI is InChI=1S/C7H3ClF2N2O4/c8-3-1-2(12(15)16)4(7(13)14)5(11-3)6(9)10/h1,6H,(H,13,14). The summed E-state index contributed by atoms with van der Waals surface area (Å²) in [6.07, 6.45) is -3.26. The lowest BCUT2D eigenvalue weighted by atomic mass is 10.1. The molecule has 0 fully saturated rings. The average molecular weight is 253 g/mol. The third-order valence-corrected chi connectivity index (χ3v) is 1.81. The van der Waals surface area contributed by atoms with Gasteiger partial charge in [0.05, 0.1) is 11.0 Å². The SMILES string of the molecule is O=C(O)c1c([N+](=O)[O-])cc(Cl)nc1C(F)F. The number of hydrogen-bond acceptors (Lipinski definition) is 4. The van der Waals surface area contributed by atoms with E-state index in [9.17, 15) is 23.7 Å². The number of aromatic nitrogens is 1. The first kappa shape index (κ1) is 12.2. The minimum absolute atomic E-state index is 0.563. The van der Waals surface area contributed by atoms with Crippen molar-refractivity contribution in [2.75, 3.05) is 0 Å². The molecule has 0 radical (unpaired) electrons. The van der Waals surface area contributed by atoms with Crippen molar-refractivity contribution in [3.8, 4) is 0 Å². The van der Waals surface area contributed by atoms with Crippen LogP contribution in [-0.2, 0) is 0 Å². The zero-order valence-electron chi connectivity index (χ0n) is 7.35. The lowest BCUT2D eigenvalue weighted by molar-refractivity contribution is -0.385. The highest BCUT2D eigenvalue weighted by molar-refractivity contribution is 6.29. The maximum Gasteiger partial charge on any atom is 0.344 e. The van der Waals surface area contributed by atoms with Crippen molar-refractivity contribution >= 4 is 23.3 Å². The van der Waals surface area contributed by atoms with Crippen LogP contribution in [0.2, 0.25) is 5.15 Å². The summed E-state index contributed by atoms with van der Waals surface area (Å²) in [7, 11) is 0. The molecule has 0 atom stereocenters. The number of alkyl halides is 2. The predicted molar refractivity (Wildman–Crippen MR) is 47.8 cm³/mol. The van der Waals surface area contributed by atoms with Crippen LogP contribution in [0.3, 0.4) is 0 Å². The second-order valence-corrected chi connectivity index (χ2v) is 2.97. The van der Waals surface area contributed by atoms with Crippen LogP contribution >= 0.6 is 11.6 Å². The van der Waals surface area contributed by atoms with E-state index in [1.165, 1.54) is 0 Å². The van der Waals surface area contributed by atoms with Gasteiger partial charge in [-0.3, -0.25) is 10.1 Å². The van der Waals surface area contributed by atoms with Crippen molar-refractivity contribution in [1.82, 2.24) is 4.98 Å². The van der Waals surface area contributed by atoms with Crippen molar-refractivity contribution in [2.45, 2.75) is 6.43 Å². The van der Waals surface area contributed by atoms with Crippen LogP contribution in [0.15, 0.2) is 6.07 Å². The zero-order valence-corrected chi connectivity index (χ0v) is 8.11. The van der Waals surface area contributed by atoms with Gasteiger partial charge in [0.25, 0.3) is 12.1 Å². The number of carboxylic acids is 1. The Labute approximate surface area is 91.6 Å². The van der Waals surface area contributed by atoms with E-state index in [-0.39, 0.29) is 0 Å². The maximum atomic E-state index is 12.4. The molecule has 0 saturated carbocycles. The summed E-state index contributed by atoms with van der Waals surface area (Å²) in [5.41, 5.74) is -3.38. The van der Waals surface area contributed by atoms with E-state index in [1.54, 1.807) is 0 Å². The average Bonchev–Trinajstić information content (AvgIpc) is 2.15. The van der Waals surface area contributed by atoms with Gasteiger partial charge in [0.2, 0.25) is 0 Å².